The quantitative estimate of drug-likeness (QED) is 0.792. The minimum Gasteiger partial charge on any atom is -0.493 e. The number of ketones is 1. The molecule has 3 nitrogen and oxygen atoms in total. The normalized spacial score (nSPS) is 16.1. The molecule has 1 aromatic carbocycles. The van der Waals surface area contributed by atoms with Crippen molar-refractivity contribution in [1.82, 2.24) is 0 Å². The molecular weight excluding hydrogens is 204 g/mol. The summed E-state index contributed by atoms with van der Waals surface area (Å²) in [5, 5.41) is 9.58. The maximum Gasteiger partial charge on any atom is 0.194 e. The van der Waals surface area contributed by atoms with E-state index >= 15 is 0 Å². The first-order valence-electron chi connectivity index (χ1n) is 5.71. The lowest BCUT2D eigenvalue weighted by molar-refractivity contribution is 0.0735. The second-order valence-corrected chi connectivity index (χ2v) is 4.03. The number of Topliss-reactive ketones (excluding diaryl/α,β-unsaturated/α-hetero) is 1. The third-order valence-electron chi connectivity index (χ3n) is 2.89. The zero-order valence-electron chi connectivity index (χ0n) is 9.40. The average molecular weight is 220 g/mol. The van der Waals surface area contributed by atoms with E-state index in [2.05, 4.69) is 0 Å². The number of carbonyl (C=O) groups excluding carboxylic acids is 1. The molecule has 1 atom stereocenters. The second kappa shape index (κ2) is 4.66. The van der Waals surface area contributed by atoms with Gasteiger partial charge in [-0.2, -0.15) is 0 Å². The number of hydrogen-bond acceptors (Lipinski definition) is 3. The Morgan fingerprint density at radius 1 is 1.56 bits per heavy atom. The van der Waals surface area contributed by atoms with Gasteiger partial charge in [0.15, 0.2) is 5.78 Å². The van der Waals surface area contributed by atoms with Crippen LogP contribution in [0.3, 0.4) is 0 Å². The molecule has 0 aliphatic carbocycles. The molecule has 3 heteroatoms. The fourth-order valence-electron chi connectivity index (χ4n) is 1.95. The Kier molecular flexibility index (Phi) is 3.25. The lowest BCUT2D eigenvalue weighted by Crippen LogP contribution is -2.22. The predicted molar refractivity (Wildman–Crippen MR) is 60.9 cm³/mol. The van der Waals surface area contributed by atoms with E-state index in [1.54, 1.807) is 13.0 Å². The lowest BCUT2D eigenvalue weighted by atomic mass is 9.97. The Bertz CT molecular complexity index is 398. The molecule has 1 N–H and O–H groups in total. The van der Waals surface area contributed by atoms with Crippen molar-refractivity contribution in [3.8, 4) is 5.75 Å². The van der Waals surface area contributed by atoms with Gasteiger partial charge in [-0.05, 0) is 30.9 Å². The molecule has 0 radical (unpaired) electrons. The van der Waals surface area contributed by atoms with Crippen molar-refractivity contribution in [2.45, 2.75) is 32.3 Å². The molecule has 2 rings (SSSR count). The number of hydrogen-bond donors (Lipinski definition) is 1. The monoisotopic (exact) mass is 220 g/mol. The van der Waals surface area contributed by atoms with Crippen LogP contribution in [0.4, 0.5) is 0 Å². The standard InChI is InChI=1S/C13H16O3/c1-2-11(14)12(15)10-7-3-5-9-6-4-8-16-13(9)10/h3,5,7,11,14H,2,4,6,8H2,1H3. The third kappa shape index (κ3) is 1.95. The average Bonchev–Trinajstić information content (AvgIpc) is 2.36. The molecule has 0 bridgehead atoms. The number of fused-ring (bicyclic) bond motifs is 1. The van der Waals surface area contributed by atoms with Crippen LogP contribution in [-0.4, -0.2) is 23.6 Å². The van der Waals surface area contributed by atoms with Crippen LogP contribution >= 0.6 is 0 Å². The maximum absolute atomic E-state index is 11.9. The molecule has 0 saturated heterocycles. The van der Waals surface area contributed by atoms with Crippen LogP contribution in [-0.2, 0) is 6.42 Å². The summed E-state index contributed by atoms with van der Waals surface area (Å²) >= 11 is 0. The lowest BCUT2D eigenvalue weighted by Gasteiger charge is -2.20. The number of benzene rings is 1. The highest BCUT2D eigenvalue weighted by atomic mass is 16.5. The van der Waals surface area contributed by atoms with Crippen LogP contribution in [0.15, 0.2) is 18.2 Å². The van der Waals surface area contributed by atoms with Gasteiger partial charge in [-0.3, -0.25) is 4.79 Å². The fraction of sp³-hybridized carbons (Fsp3) is 0.462. The van der Waals surface area contributed by atoms with Gasteiger partial charge in [0, 0.05) is 0 Å². The first kappa shape index (κ1) is 11.1. The van der Waals surface area contributed by atoms with Crippen LogP contribution in [0.5, 0.6) is 5.75 Å². The molecule has 1 aromatic rings. The number of aryl methyl sites for hydroxylation is 1. The van der Waals surface area contributed by atoms with Gasteiger partial charge in [0.25, 0.3) is 0 Å². The summed E-state index contributed by atoms with van der Waals surface area (Å²) in [6.07, 6.45) is 1.44. The van der Waals surface area contributed by atoms with Crippen LogP contribution in [0, 0.1) is 0 Å². The molecule has 1 aliphatic rings. The van der Waals surface area contributed by atoms with Crippen molar-refractivity contribution in [2.24, 2.45) is 0 Å². The van der Waals surface area contributed by atoms with Gasteiger partial charge in [-0.15, -0.1) is 0 Å². The van der Waals surface area contributed by atoms with Crippen molar-refractivity contribution in [1.29, 1.82) is 0 Å². The molecule has 16 heavy (non-hydrogen) atoms. The predicted octanol–water partition coefficient (Wildman–Crippen LogP) is 1.97. The van der Waals surface area contributed by atoms with E-state index in [0.717, 1.165) is 18.4 Å². The number of aliphatic hydroxyl groups excluding tert-OH is 1. The maximum atomic E-state index is 11.9. The Hall–Kier alpha value is -1.35. The Morgan fingerprint density at radius 2 is 2.38 bits per heavy atom. The third-order valence-corrected chi connectivity index (χ3v) is 2.89. The minimum atomic E-state index is -0.919. The van der Waals surface area contributed by atoms with E-state index in [9.17, 15) is 9.90 Å². The molecule has 0 aromatic heterocycles. The first-order chi connectivity index (χ1) is 7.74. The number of ether oxygens (including phenoxy) is 1. The van der Waals surface area contributed by atoms with Gasteiger partial charge >= 0.3 is 0 Å². The number of rotatable bonds is 3. The first-order valence-corrected chi connectivity index (χ1v) is 5.71. The Morgan fingerprint density at radius 3 is 3.12 bits per heavy atom. The van der Waals surface area contributed by atoms with E-state index in [1.807, 2.05) is 12.1 Å². The number of para-hydroxylation sites is 1. The Balaban J connectivity index is 2.37. The van der Waals surface area contributed by atoms with E-state index in [0.29, 0.717) is 24.3 Å². The SMILES string of the molecule is CCC(O)C(=O)c1cccc2c1OCCC2. The zero-order valence-corrected chi connectivity index (χ0v) is 9.40. The van der Waals surface area contributed by atoms with E-state index in [4.69, 9.17) is 4.74 Å². The molecule has 0 saturated carbocycles. The highest BCUT2D eigenvalue weighted by molar-refractivity contribution is 6.02. The smallest absolute Gasteiger partial charge is 0.194 e. The summed E-state index contributed by atoms with van der Waals surface area (Å²) in [5.74, 6) is 0.438. The summed E-state index contributed by atoms with van der Waals surface area (Å²) in [4.78, 5) is 11.9. The molecular formula is C13H16O3. The molecule has 1 aliphatic heterocycles. The molecule has 1 unspecified atom stereocenters. The largest absolute Gasteiger partial charge is 0.493 e. The van der Waals surface area contributed by atoms with Gasteiger partial charge in [-0.1, -0.05) is 19.1 Å². The van der Waals surface area contributed by atoms with Gasteiger partial charge in [-0.25, -0.2) is 0 Å². The Labute approximate surface area is 95.0 Å². The number of carbonyl (C=O) groups is 1. The summed E-state index contributed by atoms with van der Waals surface area (Å²) in [6, 6.07) is 5.55. The van der Waals surface area contributed by atoms with Crippen molar-refractivity contribution in [3.63, 3.8) is 0 Å². The molecule has 1 heterocycles. The van der Waals surface area contributed by atoms with E-state index in [1.165, 1.54) is 0 Å². The summed E-state index contributed by atoms with van der Waals surface area (Å²) in [6.45, 7) is 2.44. The highest BCUT2D eigenvalue weighted by Gasteiger charge is 2.22. The fourth-order valence-corrected chi connectivity index (χ4v) is 1.95. The van der Waals surface area contributed by atoms with Crippen molar-refractivity contribution < 1.29 is 14.6 Å². The van der Waals surface area contributed by atoms with Gasteiger partial charge in [0.1, 0.15) is 11.9 Å². The van der Waals surface area contributed by atoms with Crippen molar-refractivity contribution in [2.75, 3.05) is 6.61 Å². The molecule has 0 amide bonds. The van der Waals surface area contributed by atoms with E-state index in [-0.39, 0.29) is 5.78 Å². The van der Waals surface area contributed by atoms with Crippen LogP contribution in [0.2, 0.25) is 0 Å². The molecule has 0 spiro atoms. The van der Waals surface area contributed by atoms with Gasteiger partial charge in [0.05, 0.1) is 12.2 Å². The van der Waals surface area contributed by atoms with Crippen molar-refractivity contribution in [3.05, 3.63) is 29.3 Å². The minimum absolute atomic E-state index is 0.235. The van der Waals surface area contributed by atoms with Crippen molar-refractivity contribution >= 4 is 5.78 Å². The van der Waals surface area contributed by atoms with Gasteiger partial charge < -0.3 is 9.84 Å². The topological polar surface area (TPSA) is 46.5 Å². The number of aliphatic hydroxyl groups is 1. The zero-order chi connectivity index (χ0) is 11.5. The van der Waals surface area contributed by atoms with Crippen LogP contribution in [0.25, 0.3) is 0 Å². The van der Waals surface area contributed by atoms with Crippen LogP contribution in [0.1, 0.15) is 35.7 Å². The van der Waals surface area contributed by atoms with Crippen LogP contribution < -0.4 is 4.74 Å². The summed E-state index contributed by atoms with van der Waals surface area (Å²) in [5.41, 5.74) is 1.59. The van der Waals surface area contributed by atoms with E-state index < -0.39 is 6.10 Å². The highest BCUT2D eigenvalue weighted by Crippen LogP contribution is 2.29. The summed E-state index contributed by atoms with van der Waals surface area (Å²) in [7, 11) is 0. The van der Waals surface area contributed by atoms with Gasteiger partial charge in [0.2, 0.25) is 0 Å². The summed E-state index contributed by atoms with van der Waals surface area (Å²) < 4.78 is 5.54. The molecule has 86 valence electrons. The molecule has 0 fully saturated rings. The second-order valence-electron chi connectivity index (χ2n) is 4.03.